The van der Waals surface area contributed by atoms with E-state index >= 15 is 0 Å². The van der Waals surface area contributed by atoms with Crippen LogP contribution in [0.5, 0.6) is 0 Å². The Balaban J connectivity index is 1.51. The van der Waals surface area contributed by atoms with Crippen LogP contribution in [0.15, 0.2) is 27.8 Å². The SMILES string of the molecule is [C-]#[N+]C1=C[C@]2(C)C3=CC(=O)C4C5CC(C)(C)CC[C@]5(c5nnc(CCC)o5)CC[C@@]4(C)[C@]3(C)CC[C@H]2C(C)(C)C1=O. The van der Waals surface area contributed by atoms with Gasteiger partial charge in [-0.2, -0.15) is 0 Å². The second kappa shape index (κ2) is 8.74. The average Bonchev–Trinajstić information content (AvgIpc) is 3.37. The third kappa shape index (κ3) is 3.59. The molecular weight excluding hydrogens is 510 g/mol. The van der Waals surface area contributed by atoms with Crippen LogP contribution in [0.25, 0.3) is 4.85 Å². The average molecular weight is 558 g/mol. The van der Waals surface area contributed by atoms with Gasteiger partial charge in [0, 0.05) is 23.2 Å². The van der Waals surface area contributed by atoms with E-state index < -0.39 is 10.8 Å². The summed E-state index contributed by atoms with van der Waals surface area (Å²) in [4.78, 5) is 31.7. The van der Waals surface area contributed by atoms with Gasteiger partial charge in [0.05, 0.1) is 12.0 Å². The molecule has 0 aliphatic heterocycles. The number of fused-ring (bicyclic) bond motifs is 7. The van der Waals surface area contributed by atoms with Crippen molar-refractivity contribution in [2.45, 2.75) is 119 Å². The standard InChI is InChI=1S/C35H47N3O3/c1-10-11-26-37-38-29(41-26)35-16-14-30(2,3)19-21(35)27-23(39)18-25-32(6)20-22(36-9)28(40)31(4,5)24(32)12-13-33(25,7)34(27,8)15-17-35/h18,20-21,24,27H,10-17,19H2,1-8H3/t21?,24-,27?,32-,33+,34+,35-/m0/s1. The highest BCUT2D eigenvalue weighted by Gasteiger charge is 2.70. The number of aromatic nitrogens is 2. The first-order chi connectivity index (χ1) is 19.1. The van der Waals surface area contributed by atoms with Gasteiger partial charge in [-0.3, -0.25) is 4.79 Å². The number of ketones is 2. The minimum atomic E-state index is -0.643. The van der Waals surface area contributed by atoms with Crippen molar-refractivity contribution in [2.24, 2.45) is 44.8 Å². The van der Waals surface area contributed by atoms with E-state index in [9.17, 15) is 9.59 Å². The highest BCUT2D eigenvalue weighted by Crippen LogP contribution is 2.74. The first-order valence-electron chi connectivity index (χ1n) is 15.8. The molecule has 0 spiro atoms. The predicted octanol–water partition coefficient (Wildman–Crippen LogP) is 7.85. The molecule has 0 aromatic carbocycles. The Morgan fingerprint density at radius 2 is 1.71 bits per heavy atom. The maximum Gasteiger partial charge on any atom is 0.226 e. The number of carbonyl (C=O) groups is 2. The van der Waals surface area contributed by atoms with Crippen molar-refractivity contribution in [2.75, 3.05) is 0 Å². The zero-order valence-corrected chi connectivity index (χ0v) is 26.3. The van der Waals surface area contributed by atoms with Crippen molar-refractivity contribution in [1.29, 1.82) is 0 Å². The fraction of sp³-hybridized carbons (Fsp3) is 0.743. The van der Waals surface area contributed by atoms with E-state index in [1.807, 2.05) is 26.0 Å². The Morgan fingerprint density at radius 3 is 2.39 bits per heavy atom. The van der Waals surface area contributed by atoms with Crippen molar-refractivity contribution in [3.8, 4) is 0 Å². The van der Waals surface area contributed by atoms with E-state index in [-0.39, 0.29) is 56.7 Å². The summed E-state index contributed by atoms with van der Waals surface area (Å²) in [6.45, 7) is 25.6. The lowest BCUT2D eigenvalue weighted by molar-refractivity contribution is -0.161. The van der Waals surface area contributed by atoms with E-state index in [4.69, 9.17) is 11.0 Å². The Hall–Kier alpha value is -2.55. The third-order valence-electron chi connectivity index (χ3n) is 13.2. The fourth-order valence-electron chi connectivity index (χ4n) is 10.7. The molecule has 1 heterocycles. The van der Waals surface area contributed by atoms with Gasteiger partial charge < -0.3 is 9.21 Å². The summed E-state index contributed by atoms with van der Waals surface area (Å²) >= 11 is 0. The summed E-state index contributed by atoms with van der Waals surface area (Å²) in [7, 11) is 0. The van der Waals surface area contributed by atoms with Gasteiger partial charge in [0.1, 0.15) is 0 Å². The van der Waals surface area contributed by atoms with Gasteiger partial charge in [0.15, 0.2) is 11.6 Å². The molecule has 41 heavy (non-hydrogen) atoms. The summed E-state index contributed by atoms with van der Waals surface area (Å²) in [6.07, 6.45) is 12.4. The maximum atomic E-state index is 14.7. The van der Waals surface area contributed by atoms with E-state index in [2.05, 4.69) is 56.6 Å². The molecule has 3 saturated carbocycles. The molecule has 1 aromatic heterocycles. The largest absolute Gasteiger partial charge is 0.425 e. The van der Waals surface area contributed by atoms with Crippen LogP contribution in [0, 0.1) is 51.4 Å². The molecule has 220 valence electrons. The molecule has 2 unspecified atom stereocenters. The van der Waals surface area contributed by atoms with Crippen molar-refractivity contribution in [1.82, 2.24) is 10.2 Å². The zero-order valence-electron chi connectivity index (χ0n) is 26.3. The second-order valence-electron chi connectivity index (χ2n) is 16.1. The molecule has 0 radical (unpaired) electrons. The Morgan fingerprint density at radius 1 is 1.00 bits per heavy atom. The number of hydrogen-bond acceptors (Lipinski definition) is 5. The molecule has 5 aliphatic carbocycles. The first kappa shape index (κ1) is 28.6. The molecule has 6 nitrogen and oxygen atoms in total. The van der Waals surface area contributed by atoms with Crippen LogP contribution < -0.4 is 0 Å². The van der Waals surface area contributed by atoms with Crippen molar-refractivity contribution < 1.29 is 14.0 Å². The normalized spacial score (nSPS) is 42.6. The van der Waals surface area contributed by atoms with Gasteiger partial charge in [-0.05, 0) is 85.5 Å². The zero-order chi connectivity index (χ0) is 29.8. The first-order valence-corrected chi connectivity index (χ1v) is 15.8. The minimum Gasteiger partial charge on any atom is -0.425 e. The number of rotatable bonds is 3. The summed E-state index contributed by atoms with van der Waals surface area (Å²) in [6, 6.07) is 0. The molecule has 0 amide bonds. The molecule has 0 bridgehead atoms. The number of hydrogen-bond donors (Lipinski definition) is 0. The van der Waals surface area contributed by atoms with E-state index in [1.165, 1.54) is 0 Å². The lowest BCUT2D eigenvalue weighted by Gasteiger charge is -2.69. The van der Waals surface area contributed by atoms with Crippen LogP contribution >= 0.6 is 0 Å². The smallest absolute Gasteiger partial charge is 0.226 e. The van der Waals surface area contributed by atoms with Gasteiger partial charge >= 0.3 is 0 Å². The quantitative estimate of drug-likeness (QED) is 0.354. The highest BCUT2D eigenvalue weighted by molar-refractivity contribution is 6.03. The van der Waals surface area contributed by atoms with E-state index in [0.717, 1.165) is 69.3 Å². The van der Waals surface area contributed by atoms with Crippen LogP contribution in [0.3, 0.4) is 0 Å². The molecule has 5 aliphatic rings. The lowest BCUT2D eigenvalue weighted by Crippen LogP contribution is -2.65. The van der Waals surface area contributed by atoms with Gasteiger partial charge in [0.2, 0.25) is 17.5 Å². The lowest BCUT2D eigenvalue weighted by atomic mass is 9.34. The predicted molar refractivity (Wildman–Crippen MR) is 157 cm³/mol. The van der Waals surface area contributed by atoms with Gasteiger partial charge in [0.25, 0.3) is 0 Å². The maximum absolute atomic E-state index is 14.7. The van der Waals surface area contributed by atoms with Crippen LogP contribution in [0.2, 0.25) is 0 Å². The van der Waals surface area contributed by atoms with Crippen molar-refractivity contribution >= 4 is 11.6 Å². The van der Waals surface area contributed by atoms with Crippen molar-refractivity contribution in [3.05, 3.63) is 46.6 Å². The summed E-state index contributed by atoms with van der Waals surface area (Å²) in [5, 5.41) is 9.10. The van der Waals surface area contributed by atoms with Gasteiger partial charge in [-0.15, -0.1) is 10.2 Å². The molecule has 1 aromatic rings. The van der Waals surface area contributed by atoms with Crippen LogP contribution in [0.1, 0.15) is 119 Å². The molecule has 7 atom stereocenters. The van der Waals surface area contributed by atoms with Gasteiger partial charge in [-0.25, -0.2) is 4.85 Å². The summed E-state index contributed by atoms with van der Waals surface area (Å²) in [5.41, 5.74) is -0.360. The molecule has 6 heteroatoms. The van der Waals surface area contributed by atoms with Crippen LogP contribution in [0.4, 0.5) is 0 Å². The molecule has 0 N–H and O–H groups in total. The van der Waals surface area contributed by atoms with Crippen molar-refractivity contribution in [3.63, 3.8) is 0 Å². The minimum absolute atomic E-state index is 0.0562. The van der Waals surface area contributed by atoms with E-state index in [0.29, 0.717) is 5.89 Å². The third-order valence-corrected chi connectivity index (χ3v) is 13.2. The van der Waals surface area contributed by atoms with E-state index in [1.54, 1.807) is 0 Å². The molecule has 0 saturated heterocycles. The topological polar surface area (TPSA) is 77.4 Å². The number of aryl methyl sites for hydroxylation is 1. The highest BCUT2D eigenvalue weighted by atomic mass is 16.4. The van der Waals surface area contributed by atoms with Crippen LogP contribution in [-0.2, 0) is 21.4 Å². The Kier molecular flexibility index (Phi) is 6.09. The number of carbonyl (C=O) groups excluding carboxylic acids is 2. The Bertz CT molecular complexity index is 1420. The van der Waals surface area contributed by atoms with Gasteiger partial charge in [-0.1, -0.05) is 67.0 Å². The summed E-state index contributed by atoms with van der Waals surface area (Å²) < 4.78 is 6.40. The fourth-order valence-corrected chi connectivity index (χ4v) is 10.7. The second-order valence-corrected chi connectivity index (χ2v) is 16.1. The number of Topliss-reactive ketones (excluding diaryl/α,β-unsaturated/α-hetero) is 1. The monoisotopic (exact) mass is 557 g/mol. The molecule has 3 fully saturated rings. The number of allylic oxidation sites excluding steroid dienone is 4. The Labute approximate surface area is 245 Å². The summed E-state index contributed by atoms with van der Waals surface area (Å²) in [5.74, 6) is 1.69. The number of nitrogens with zero attached hydrogens (tertiary/aromatic N) is 3. The van der Waals surface area contributed by atoms with Crippen LogP contribution in [-0.4, -0.2) is 21.8 Å². The molecule has 6 rings (SSSR count). The molecular formula is C35H47N3O3.